The maximum absolute atomic E-state index is 13.1. The normalized spacial score (nSPS) is 14.8. The number of ether oxygens (including phenoxy) is 1. The van der Waals surface area contributed by atoms with Crippen LogP contribution in [0.4, 0.5) is 4.39 Å². The maximum Gasteiger partial charge on any atom is 0.253 e. The van der Waals surface area contributed by atoms with Gasteiger partial charge in [-0.2, -0.15) is 0 Å². The van der Waals surface area contributed by atoms with E-state index >= 15 is 0 Å². The van der Waals surface area contributed by atoms with Gasteiger partial charge in [0.05, 0.1) is 6.61 Å². The zero-order valence-electron chi connectivity index (χ0n) is 19.3. The van der Waals surface area contributed by atoms with Gasteiger partial charge in [0, 0.05) is 38.2 Å². The molecular weight excluding hydrogens is 407 g/mol. The molecule has 1 fully saturated rings. The standard InChI is InChI=1S/C26H33FN2O3/c1-26(2,3)21-9-13-23(14-10-21)32-19-4-6-24(30)28-15-5-16-29(18-17-28)25(31)20-7-11-22(27)12-8-20/h7-14H,4-6,15-19H2,1-3H3. The van der Waals surface area contributed by atoms with E-state index in [1.54, 1.807) is 4.90 Å². The summed E-state index contributed by atoms with van der Waals surface area (Å²) in [6.07, 6.45) is 1.80. The summed E-state index contributed by atoms with van der Waals surface area (Å²) >= 11 is 0. The van der Waals surface area contributed by atoms with Crippen LogP contribution in [0.2, 0.25) is 0 Å². The Morgan fingerprint density at radius 1 is 0.906 bits per heavy atom. The molecule has 32 heavy (non-hydrogen) atoms. The second-order valence-corrected chi connectivity index (χ2v) is 9.26. The average molecular weight is 441 g/mol. The molecule has 0 aromatic heterocycles. The summed E-state index contributed by atoms with van der Waals surface area (Å²) in [5, 5.41) is 0. The lowest BCUT2D eigenvalue weighted by atomic mass is 9.87. The minimum absolute atomic E-state index is 0.0905. The first-order valence-corrected chi connectivity index (χ1v) is 11.3. The van der Waals surface area contributed by atoms with Crippen molar-refractivity contribution >= 4 is 11.8 Å². The molecule has 2 aromatic rings. The van der Waals surface area contributed by atoms with Crippen molar-refractivity contribution in [2.75, 3.05) is 32.8 Å². The molecule has 1 aliphatic rings. The van der Waals surface area contributed by atoms with E-state index in [0.717, 1.165) is 12.2 Å². The molecule has 0 bridgehead atoms. The highest BCUT2D eigenvalue weighted by Crippen LogP contribution is 2.24. The van der Waals surface area contributed by atoms with Crippen LogP contribution in [0.5, 0.6) is 5.75 Å². The minimum Gasteiger partial charge on any atom is -0.494 e. The number of rotatable bonds is 6. The summed E-state index contributed by atoms with van der Waals surface area (Å²) < 4.78 is 18.9. The second-order valence-electron chi connectivity index (χ2n) is 9.26. The van der Waals surface area contributed by atoms with E-state index in [9.17, 15) is 14.0 Å². The summed E-state index contributed by atoms with van der Waals surface area (Å²) in [5.41, 5.74) is 1.84. The quantitative estimate of drug-likeness (QED) is 0.614. The van der Waals surface area contributed by atoms with Gasteiger partial charge in [-0.25, -0.2) is 4.39 Å². The van der Waals surface area contributed by atoms with Gasteiger partial charge in [-0.3, -0.25) is 9.59 Å². The maximum atomic E-state index is 13.1. The van der Waals surface area contributed by atoms with Gasteiger partial charge in [-0.05, 0) is 60.2 Å². The van der Waals surface area contributed by atoms with Gasteiger partial charge in [-0.15, -0.1) is 0 Å². The van der Waals surface area contributed by atoms with Crippen molar-refractivity contribution < 1.29 is 18.7 Å². The van der Waals surface area contributed by atoms with E-state index in [2.05, 4.69) is 32.9 Å². The van der Waals surface area contributed by atoms with Gasteiger partial charge in [0.15, 0.2) is 0 Å². The zero-order valence-corrected chi connectivity index (χ0v) is 19.3. The molecule has 1 heterocycles. The van der Waals surface area contributed by atoms with Crippen LogP contribution in [0.1, 0.15) is 56.0 Å². The van der Waals surface area contributed by atoms with Crippen LogP contribution in [0.25, 0.3) is 0 Å². The van der Waals surface area contributed by atoms with Crippen LogP contribution < -0.4 is 4.74 Å². The fourth-order valence-electron chi connectivity index (χ4n) is 3.77. The lowest BCUT2D eigenvalue weighted by Gasteiger charge is -2.22. The molecule has 0 aliphatic carbocycles. The summed E-state index contributed by atoms with van der Waals surface area (Å²) in [4.78, 5) is 28.8. The van der Waals surface area contributed by atoms with Gasteiger partial charge in [-0.1, -0.05) is 32.9 Å². The Bertz CT molecular complexity index is 904. The van der Waals surface area contributed by atoms with Crippen LogP contribution in [0.15, 0.2) is 48.5 Å². The molecular formula is C26H33FN2O3. The second kappa shape index (κ2) is 10.6. The highest BCUT2D eigenvalue weighted by Gasteiger charge is 2.22. The molecule has 0 unspecified atom stereocenters. The molecule has 0 radical (unpaired) electrons. The topological polar surface area (TPSA) is 49.9 Å². The predicted octanol–water partition coefficient (Wildman–Crippen LogP) is 4.66. The van der Waals surface area contributed by atoms with Gasteiger partial charge in [0.2, 0.25) is 5.91 Å². The molecule has 0 atom stereocenters. The van der Waals surface area contributed by atoms with Gasteiger partial charge < -0.3 is 14.5 Å². The van der Waals surface area contributed by atoms with E-state index < -0.39 is 0 Å². The number of amides is 2. The first kappa shape index (κ1) is 23.8. The van der Waals surface area contributed by atoms with Crippen molar-refractivity contribution in [3.63, 3.8) is 0 Å². The first-order valence-electron chi connectivity index (χ1n) is 11.3. The Hall–Kier alpha value is -2.89. The fourth-order valence-corrected chi connectivity index (χ4v) is 3.77. The van der Waals surface area contributed by atoms with Crippen molar-refractivity contribution in [1.82, 2.24) is 9.80 Å². The van der Waals surface area contributed by atoms with Crippen LogP contribution >= 0.6 is 0 Å². The molecule has 2 amide bonds. The number of benzene rings is 2. The lowest BCUT2D eigenvalue weighted by molar-refractivity contribution is -0.131. The minimum atomic E-state index is -0.361. The highest BCUT2D eigenvalue weighted by molar-refractivity contribution is 5.94. The molecule has 1 saturated heterocycles. The molecule has 3 rings (SSSR count). The third kappa shape index (κ3) is 6.55. The average Bonchev–Trinajstić information content (AvgIpc) is 3.03. The largest absolute Gasteiger partial charge is 0.494 e. The third-order valence-electron chi connectivity index (χ3n) is 5.75. The number of nitrogens with zero attached hydrogens (tertiary/aromatic N) is 2. The fraction of sp³-hybridized carbons (Fsp3) is 0.462. The Morgan fingerprint density at radius 3 is 2.19 bits per heavy atom. The predicted molar refractivity (Wildman–Crippen MR) is 123 cm³/mol. The van der Waals surface area contributed by atoms with E-state index in [1.807, 2.05) is 17.0 Å². The molecule has 1 aliphatic heterocycles. The Kier molecular flexibility index (Phi) is 7.89. The Balaban J connectivity index is 1.41. The third-order valence-corrected chi connectivity index (χ3v) is 5.75. The Labute approximate surface area is 190 Å². The summed E-state index contributed by atoms with van der Waals surface area (Å²) in [6.45, 7) is 9.25. The van der Waals surface area contributed by atoms with Crippen molar-refractivity contribution in [2.24, 2.45) is 0 Å². The number of carbonyl (C=O) groups excluding carboxylic acids is 2. The van der Waals surface area contributed by atoms with Crippen LogP contribution in [-0.4, -0.2) is 54.4 Å². The number of hydrogen-bond acceptors (Lipinski definition) is 3. The zero-order chi connectivity index (χ0) is 23.1. The van der Waals surface area contributed by atoms with Crippen molar-refractivity contribution in [1.29, 1.82) is 0 Å². The first-order chi connectivity index (χ1) is 15.2. The number of halogens is 1. The Morgan fingerprint density at radius 2 is 1.53 bits per heavy atom. The van der Waals surface area contributed by atoms with Gasteiger partial charge >= 0.3 is 0 Å². The van der Waals surface area contributed by atoms with Crippen LogP contribution in [-0.2, 0) is 10.2 Å². The van der Waals surface area contributed by atoms with Gasteiger partial charge in [0.25, 0.3) is 5.91 Å². The van der Waals surface area contributed by atoms with E-state index in [4.69, 9.17) is 4.74 Å². The molecule has 2 aromatic carbocycles. The molecule has 0 saturated carbocycles. The smallest absolute Gasteiger partial charge is 0.253 e. The summed E-state index contributed by atoms with van der Waals surface area (Å²) in [5.74, 6) is 0.424. The van der Waals surface area contributed by atoms with Crippen molar-refractivity contribution in [3.8, 4) is 5.75 Å². The van der Waals surface area contributed by atoms with Crippen LogP contribution in [0, 0.1) is 5.82 Å². The monoisotopic (exact) mass is 440 g/mol. The molecule has 6 heteroatoms. The number of carbonyl (C=O) groups is 2. The van der Waals surface area contributed by atoms with Crippen molar-refractivity contribution in [3.05, 3.63) is 65.5 Å². The molecule has 0 spiro atoms. The SMILES string of the molecule is CC(C)(C)c1ccc(OCCCC(=O)N2CCCN(C(=O)c3ccc(F)cc3)CC2)cc1. The molecule has 5 nitrogen and oxygen atoms in total. The highest BCUT2D eigenvalue weighted by atomic mass is 19.1. The summed E-state index contributed by atoms with van der Waals surface area (Å²) in [6, 6.07) is 13.7. The lowest BCUT2D eigenvalue weighted by Crippen LogP contribution is -2.37. The summed E-state index contributed by atoms with van der Waals surface area (Å²) in [7, 11) is 0. The van der Waals surface area contributed by atoms with E-state index in [1.165, 1.54) is 29.8 Å². The van der Waals surface area contributed by atoms with Crippen LogP contribution in [0.3, 0.4) is 0 Å². The van der Waals surface area contributed by atoms with E-state index in [0.29, 0.717) is 51.2 Å². The molecule has 0 N–H and O–H groups in total. The molecule has 172 valence electrons. The van der Waals surface area contributed by atoms with Gasteiger partial charge in [0.1, 0.15) is 11.6 Å². The number of hydrogen-bond donors (Lipinski definition) is 0. The van der Waals surface area contributed by atoms with Crippen molar-refractivity contribution in [2.45, 2.75) is 45.4 Å². The van der Waals surface area contributed by atoms with E-state index in [-0.39, 0.29) is 23.0 Å².